The first-order chi connectivity index (χ1) is 14.1. The number of aromatic nitrogens is 4. The first kappa shape index (κ1) is 19.1. The fourth-order valence-corrected chi connectivity index (χ4v) is 3.34. The van der Waals surface area contributed by atoms with Gasteiger partial charge in [0.1, 0.15) is 5.82 Å². The van der Waals surface area contributed by atoms with E-state index in [-0.39, 0.29) is 0 Å². The van der Waals surface area contributed by atoms with Gasteiger partial charge in [-0.25, -0.2) is 0 Å². The zero-order valence-electron chi connectivity index (χ0n) is 15.5. The van der Waals surface area contributed by atoms with Crippen LogP contribution in [0.4, 0.5) is 26.2 Å². The molecule has 0 saturated carbocycles. The van der Waals surface area contributed by atoms with E-state index < -0.39 is 5.76 Å². The first-order valence-electron chi connectivity index (χ1n) is 8.88. The molecule has 29 heavy (non-hydrogen) atoms. The summed E-state index contributed by atoms with van der Waals surface area (Å²) in [5.74, 6) is -1.38. The molecule has 0 aliphatic heterocycles. The van der Waals surface area contributed by atoms with Crippen LogP contribution in [0.15, 0.2) is 65.7 Å². The lowest BCUT2D eigenvalue weighted by Crippen LogP contribution is -2.06. The molecule has 0 saturated heterocycles. The lowest BCUT2D eigenvalue weighted by molar-refractivity contribution is 0.252. The molecule has 0 amide bonds. The maximum atomic E-state index is 12.5. The van der Waals surface area contributed by atoms with Crippen molar-refractivity contribution in [3.05, 3.63) is 66.4 Å². The molecule has 0 radical (unpaired) electrons. The Morgan fingerprint density at radius 3 is 2.52 bits per heavy atom. The van der Waals surface area contributed by atoms with E-state index in [1.807, 2.05) is 37.4 Å². The number of nitrogens with one attached hydrogen (secondary N) is 2. The van der Waals surface area contributed by atoms with Gasteiger partial charge in [0.05, 0.1) is 11.6 Å². The molecule has 6 nitrogen and oxygen atoms in total. The number of hydrogen-bond acceptors (Lipinski definition) is 6. The molecular formula is C20H18F2N6S. The number of aryl methyl sites for hydroxylation is 1. The highest BCUT2D eigenvalue weighted by molar-refractivity contribution is 7.99. The maximum Gasteiger partial charge on any atom is 0.288 e. The Balaban J connectivity index is 1.58. The predicted molar refractivity (Wildman–Crippen MR) is 112 cm³/mol. The summed E-state index contributed by atoms with van der Waals surface area (Å²) in [6.07, 6.45) is 1.72. The predicted octanol–water partition coefficient (Wildman–Crippen LogP) is 5.03. The Hall–Kier alpha value is -3.20. The van der Waals surface area contributed by atoms with Crippen molar-refractivity contribution in [2.24, 2.45) is 7.05 Å². The molecule has 2 aromatic heterocycles. The molecule has 0 unspecified atom stereocenters. The Morgan fingerprint density at radius 1 is 1.03 bits per heavy atom. The summed E-state index contributed by atoms with van der Waals surface area (Å²) in [6.45, 7) is 0.612. The largest absolute Gasteiger partial charge is 0.365 e. The second kappa shape index (κ2) is 8.44. The summed E-state index contributed by atoms with van der Waals surface area (Å²) in [7, 11) is 1.82. The molecule has 4 aromatic rings. The zero-order valence-corrected chi connectivity index (χ0v) is 16.3. The molecule has 0 aliphatic carbocycles. The normalized spacial score (nSPS) is 11.2. The van der Waals surface area contributed by atoms with Crippen molar-refractivity contribution in [3.63, 3.8) is 0 Å². The maximum absolute atomic E-state index is 12.5. The van der Waals surface area contributed by atoms with Gasteiger partial charge < -0.3 is 10.6 Å². The van der Waals surface area contributed by atoms with E-state index in [9.17, 15) is 8.78 Å². The topological polar surface area (TPSA) is 67.7 Å². The number of rotatable bonds is 7. The Kier molecular flexibility index (Phi) is 5.57. The minimum absolute atomic E-state index is 0.394. The van der Waals surface area contributed by atoms with Gasteiger partial charge in [-0.2, -0.15) is 23.8 Å². The van der Waals surface area contributed by atoms with E-state index in [4.69, 9.17) is 0 Å². The lowest BCUT2D eigenvalue weighted by Gasteiger charge is -2.11. The Morgan fingerprint density at radius 2 is 1.79 bits per heavy atom. The van der Waals surface area contributed by atoms with Gasteiger partial charge in [-0.1, -0.05) is 42.1 Å². The van der Waals surface area contributed by atoms with Crippen LogP contribution in [0, 0.1) is 0 Å². The minimum Gasteiger partial charge on any atom is -0.365 e. The van der Waals surface area contributed by atoms with Gasteiger partial charge in [0.2, 0.25) is 5.95 Å². The summed E-state index contributed by atoms with van der Waals surface area (Å²) >= 11 is 0.511. The second-order valence-electron chi connectivity index (χ2n) is 6.27. The average Bonchev–Trinajstić information content (AvgIpc) is 3.09. The highest BCUT2D eigenvalue weighted by Crippen LogP contribution is 2.28. The fraction of sp³-hybridized carbons (Fsp3) is 0.150. The van der Waals surface area contributed by atoms with Crippen LogP contribution >= 0.6 is 11.8 Å². The van der Waals surface area contributed by atoms with Crippen LogP contribution in [-0.2, 0) is 13.6 Å². The van der Waals surface area contributed by atoms with Gasteiger partial charge in [-0.05, 0) is 29.8 Å². The van der Waals surface area contributed by atoms with E-state index in [2.05, 4.69) is 25.7 Å². The highest BCUT2D eigenvalue weighted by Gasteiger charge is 2.12. The number of benzene rings is 2. The zero-order chi connectivity index (χ0) is 20.2. The molecule has 0 bridgehead atoms. The molecule has 0 atom stereocenters. The van der Waals surface area contributed by atoms with Crippen LogP contribution in [0.1, 0.15) is 5.56 Å². The SMILES string of the molecule is Cn1ncc2c(NCc3ccccc3)nc(Nc3ccc(SC(F)F)cc3)nc21. The summed E-state index contributed by atoms with van der Waals surface area (Å²) in [4.78, 5) is 9.61. The monoisotopic (exact) mass is 412 g/mol. The molecule has 9 heteroatoms. The van der Waals surface area contributed by atoms with Gasteiger partial charge in [-0.3, -0.25) is 4.68 Å². The Bertz CT molecular complexity index is 1100. The highest BCUT2D eigenvalue weighted by atomic mass is 32.2. The number of alkyl halides is 2. The number of hydrogen-bond donors (Lipinski definition) is 2. The van der Waals surface area contributed by atoms with E-state index >= 15 is 0 Å². The second-order valence-corrected chi connectivity index (χ2v) is 7.33. The van der Waals surface area contributed by atoms with Crippen LogP contribution in [0.2, 0.25) is 0 Å². The van der Waals surface area contributed by atoms with Gasteiger partial charge >= 0.3 is 0 Å². The van der Waals surface area contributed by atoms with Crippen molar-refractivity contribution in [2.45, 2.75) is 17.2 Å². The number of thioether (sulfide) groups is 1. The van der Waals surface area contributed by atoms with Crippen LogP contribution in [0.3, 0.4) is 0 Å². The van der Waals surface area contributed by atoms with Crippen LogP contribution in [0.5, 0.6) is 0 Å². The smallest absolute Gasteiger partial charge is 0.288 e. The van der Waals surface area contributed by atoms with Gasteiger partial charge in [0, 0.05) is 24.2 Å². The summed E-state index contributed by atoms with van der Waals surface area (Å²) in [5.41, 5.74) is 2.52. The summed E-state index contributed by atoms with van der Waals surface area (Å²) in [6, 6.07) is 16.7. The molecule has 4 rings (SSSR count). The molecule has 2 aromatic carbocycles. The van der Waals surface area contributed by atoms with Gasteiger partial charge in [0.25, 0.3) is 5.76 Å². The minimum atomic E-state index is -2.44. The lowest BCUT2D eigenvalue weighted by atomic mass is 10.2. The third-order valence-electron chi connectivity index (χ3n) is 4.23. The number of halogens is 2. The standard InChI is InChI=1S/C20H18F2N6S/c1-28-18-16(12-24-28)17(23-11-13-5-3-2-4-6-13)26-20(27-18)25-14-7-9-15(10-8-14)29-19(21)22/h2-10,12,19H,11H2,1H3,(H2,23,25,26,27). The summed E-state index contributed by atoms with van der Waals surface area (Å²) in [5, 5.41) is 11.6. The fourth-order valence-electron chi connectivity index (χ4n) is 2.84. The van der Waals surface area contributed by atoms with Crippen molar-refractivity contribution in [1.82, 2.24) is 19.7 Å². The molecule has 0 spiro atoms. The quantitative estimate of drug-likeness (QED) is 0.415. The molecular weight excluding hydrogens is 394 g/mol. The number of nitrogens with zero attached hydrogens (tertiary/aromatic N) is 4. The van der Waals surface area contributed by atoms with Crippen molar-refractivity contribution in [1.29, 1.82) is 0 Å². The van der Waals surface area contributed by atoms with Crippen LogP contribution in [0.25, 0.3) is 11.0 Å². The van der Waals surface area contributed by atoms with Crippen molar-refractivity contribution < 1.29 is 8.78 Å². The number of anilines is 3. The van der Waals surface area contributed by atoms with Crippen molar-refractivity contribution in [2.75, 3.05) is 10.6 Å². The average molecular weight is 412 g/mol. The molecule has 0 fully saturated rings. The third-order valence-corrected chi connectivity index (χ3v) is 4.95. The summed E-state index contributed by atoms with van der Waals surface area (Å²) < 4.78 is 26.6. The third kappa shape index (κ3) is 4.62. The Labute approximate surface area is 170 Å². The molecule has 0 aliphatic rings. The molecule has 2 N–H and O–H groups in total. The number of fused-ring (bicyclic) bond motifs is 1. The van der Waals surface area contributed by atoms with E-state index in [0.29, 0.717) is 46.3 Å². The van der Waals surface area contributed by atoms with Gasteiger partial charge in [0.15, 0.2) is 5.65 Å². The first-order valence-corrected chi connectivity index (χ1v) is 9.76. The van der Waals surface area contributed by atoms with Crippen molar-refractivity contribution in [3.8, 4) is 0 Å². The van der Waals surface area contributed by atoms with Crippen LogP contribution in [-0.4, -0.2) is 25.5 Å². The van der Waals surface area contributed by atoms with Gasteiger partial charge in [-0.15, -0.1) is 0 Å². The van der Waals surface area contributed by atoms with E-state index in [0.717, 1.165) is 10.9 Å². The molecule has 148 valence electrons. The van der Waals surface area contributed by atoms with E-state index in [1.165, 1.54) is 0 Å². The van der Waals surface area contributed by atoms with Crippen LogP contribution < -0.4 is 10.6 Å². The van der Waals surface area contributed by atoms with Crippen molar-refractivity contribution >= 4 is 40.2 Å². The molecule has 2 heterocycles. The van der Waals surface area contributed by atoms with E-state index in [1.54, 1.807) is 35.1 Å².